The zero-order valence-electron chi connectivity index (χ0n) is 14.2. The van der Waals surface area contributed by atoms with E-state index in [9.17, 15) is 9.90 Å². The average Bonchev–Trinajstić information content (AvgIpc) is 2.47. The fraction of sp³-hybridized carbons (Fsp3) is 0.941. The van der Waals surface area contributed by atoms with Gasteiger partial charge in [-0.05, 0) is 56.9 Å². The number of aliphatic hydroxyl groups excluding tert-OH is 1. The summed E-state index contributed by atoms with van der Waals surface area (Å²) in [5, 5.41) is 15.6. The van der Waals surface area contributed by atoms with Gasteiger partial charge in [0.15, 0.2) is 0 Å². The van der Waals surface area contributed by atoms with E-state index >= 15 is 0 Å². The van der Waals surface area contributed by atoms with Gasteiger partial charge in [-0.1, -0.05) is 13.8 Å². The summed E-state index contributed by atoms with van der Waals surface area (Å²) in [4.78, 5) is 14.5. The van der Waals surface area contributed by atoms with Crippen LogP contribution in [0.4, 0.5) is 4.79 Å². The van der Waals surface area contributed by atoms with Crippen LogP contribution in [0.5, 0.6) is 0 Å². The van der Waals surface area contributed by atoms with E-state index in [1.54, 1.807) is 0 Å². The Bertz CT molecular complexity index is 341. The summed E-state index contributed by atoms with van der Waals surface area (Å²) >= 11 is 0. The molecule has 0 aromatic rings. The lowest BCUT2D eigenvalue weighted by atomic mass is 9.93. The molecule has 1 saturated carbocycles. The number of rotatable bonds is 5. The van der Waals surface area contributed by atoms with Gasteiger partial charge in [-0.25, -0.2) is 4.79 Å². The van der Waals surface area contributed by atoms with Gasteiger partial charge < -0.3 is 20.6 Å². The first-order valence-electron chi connectivity index (χ1n) is 8.97. The van der Waals surface area contributed by atoms with Crippen molar-refractivity contribution < 1.29 is 9.90 Å². The van der Waals surface area contributed by atoms with E-state index in [-0.39, 0.29) is 18.2 Å². The smallest absolute Gasteiger partial charge is 0.315 e. The number of piperidine rings is 1. The molecular weight excluding hydrogens is 278 g/mol. The number of nitrogens with zero attached hydrogens (tertiary/aromatic N) is 1. The van der Waals surface area contributed by atoms with Crippen molar-refractivity contribution in [1.82, 2.24) is 15.5 Å². The predicted molar refractivity (Wildman–Crippen MR) is 88.8 cm³/mol. The second kappa shape index (κ2) is 8.73. The molecule has 22 heavy (non-hydrogen) atoms. The summed E-state index contributed by atoms with van der Waals surface area (Å²) in [7, 11) is 0. The van der Waals surface area contributed by atoms with Crippen molar-refractivity contribution in [2.24, 2.45) is 11.8 Å². The van der Waals surface area contributed by atoms with E-state index < -0.39 is 0 Å². The molecule has 1 aliphatic heterocycles. The first kappa shape index (κ1) is 17.5. The van der Waals surface area contributed by atoms with E-state index in [4.69, 9.17) is 0 Å². The standard InChI is InChI=1S/C17H33N3O2/c1-13(2)11-20-9-3-4-14(12-20)10-18-17(22)19-15-5-7-16(21)8-6-15/h13-16,21H,3-12H2,1-2H3,(H2,18,19,22). The van der Waals surface area contributed by atoms with E-state index in [2.05, 4.69) is 29.4 Å². The van der Waals surface area contributed by atoms with E-state index in [1.807, 2.05) is 0 Å². The van der Waals surface area contributed by atoms with Crippen molar-refractivity contribution in [3.05, 3.63) is 0 Å². The van der Waals surface area contributed by atoms with Crippen LogP contribution in [0, 0.1) is 11.8 Å². The summed E-state index contributed by atoms with van der Waals surface area (Å²) in [6.45, 7) is 8.76. The molecule has 2 rings (SSSR count). The average molecular weight is 311 g/mol. The summed E-state index contributed by atoms with van der Waals surface area (Å²) in [6, 6.07) is 0.189. The van der Waals surface area contributed by atoms with E-state index in [0.717, 1.165) is 45.3 Å². The van der Waals surface area contributed by atoms with Gasteiger partial charge in [-0.15, -0.1) is 0 Å². The maximum Gasteiger partial charge on any atom is 0.315 e. The highest BCUT2D eigenvalue weighted by Crippen LogP contribution is 2.19. The minimum absolute atomic E-state index is 0.0395. The molecule has 0 radical (unpaired) electrons. The van der Waals surface area contributed by atoms with Crippen molar-refractivity contribution in [3.8, 4) is 0 Å². The molecule has 0 aromatic carbocycles. The number of carbonyl (C=O) groups excluding carboxylic acids is 1. The lowest BCUT2D eigenvalue weighted by Crippen LogP contribution is -2.47. The Kier molecular flexibility index (Phi) is 6.96. The largest absolute Gasteiger partial charge is 0.393 e. The van der Waals surface area contributed by atoms with Gasteiger partial charge in [-0.2, -0.15) is 0 Å². The maximum absolute atomic E-state index is 12.0. The third-order valence-electron chi connectivity index (χ3n) is 4.81. The molecule has 3 N–H and O–H groups in total. The zero-order chi connectivity index (χ0) is 15.9. The summed E-state index contributed by atoms with van der Waals surface area (Å²) in [5.74, 6) is 1.28. The monoisotopic (exact) mass is 311 g/mol. The van der Waals surface area contributed by atoms with Crippen molar-refractivity contribution in [3.63, 3.8) is 0 Å². The van der Waals surface area contributed by atoms with Gasteiger partial charge in [0.2, 0.25) is 0 Å². The summed E-state index contributed by atoms with van der Waals surface area (Å²) in [5.41, 5.74) is 0. The SMILES string of the molecule is CC(C)CN1CCCC(CNC(=O)NC2CCC(O)CC2)C1. The highest BCUT2D eigenvalue weighted by atomic mass is 16.3. The lowest BCUT2D eigenvalue weighted by molar-refractivity contribution is 0.117. The topological polar surface area (TPSA) is 64.6 Å². The van der Waals surface area contributed by atoms with Crippen LogP contribution in [-0.2, 0) is 0 Å². The maximum atomic E-state index is 12.0. The normalized spacial score (nSPS) is 30.3. The first-order valence-corrected chi connectivity index (χ1v) is 8.97. The molecule has 2 aliphatic rings. The van der Waals surface area contributed by atoms with E-state index in [0.29, 0.717) is 11.8 Å². The van der Waals surface area contributed by atoms with Gasteiger partial charge in [0.25, 0.3) is 0 Å². The fourth-order valence-electron chi connectivity index (χ4n) is 3.69. The lowest BCUT2D eigenvalue weighted by Gasteiger charge is -2.34. The molecule has 5 heteroatoms. The van der Waals surface area contributed by atoms with Crippen LogP contribution >= 0.6 is 0 Å². The second-order valence-corrected chi connectivity index (χ2v) is 7.52. The zero-order valence-corrected chi connectivity index (χ0v) is 14.2. The third kappa shape index (κ3) is 6.13. The van der Waals surface area contributed by atoms with Crippen LogP contribution in [0.1, 0.15) is 52.4 Å². The molecule has 5 nitrogen and oxygen atoms in total. The number of nitrogens with one attached hydrogen (secondary N) is 2. The second-order valence-electron chi connectivity index (χ2n) is 7.52. The molecule has 1 atom stereocenters. The predicted octanol–water partition coefficient (Wildman–Crippen LogP) is 1.96. The number of amides is 2. The summed E-state index contributed by atoms with van der Waals surface area (Å²) in [6.07, 6.45) is 5.66. The molecule has 2 fully saturated rings. The highest BCUT2D eigenvalue weighted by Gasteiger charge is 2.23. The van der Waals surface area contributed by atoms with Gasteiger partial charge in [0, 0.05) is 25.7 Å². The molecule has 0 aromatic heterocycles. The molecular formula is C17H33N3O2. The van der Waals surface area contributed by atoms with Crippen molar-refractivity contribution >= 4 is 6.03 Å². The Morgan fingerprint density at radius 2 is 1.95 bits per heavy atom. The molecule has 1 aliphatic carbocycles. The highest BCUT2D eigenvalue weighted by molar-refractivity contribution is 5.74. The van der Waals surface area contributed by atoms with Gasteiger partial charge >= 0.3 is 6.03 Å². The number of urea groups is 1. The van der Waals surface area contributed by atoms with Crippen LogP contribution in [0.2, 0.25) is 0 Å². The Morgan fingerprint density at radius 3 is 2.64 bits per heavy atom. The first-order chi connectivity index (χ1) is 10.5. The molecule has 1 heterocycles. The molecule has 0 bridgehead atoms. The van der Waals surface area contributed by atoms with Crippen molar-refractivity contribution in [2.75, 3.05) is 26.2 Å². The molecule has 128 valence electrons. The number of carbonyl (C=O) groups is 1. The van der Waals surface area contributed by atoms with Crippen LogP contribution in [-0.4, -0.2) is 54.4 Å². The summed E-state index contributed by atoms with van der Waals surface area (Å²) < 4.78 is 0. The fourth-order valence-corrected chi connectivity index (χ4v) is 3.69. The van der Waals surface area contributed by atoms with Crippen molar-refractivity contribution in [2.45, 2.75) is 64.5 Å². The van der Waals surface area contributed by atoms with Crippen LogP contribution in [0.3, 0.4) is 0 Å². The Morgan fingerprint density at radius 1 is 1.23 bits per heavy atom. The molecule has 2 amide bonds. The Labute approximate surface area is 134 Å². The Hall–Kier alpha value is -0.810. The van der Waals surface area contributed by atoms with Crippen LogP contribution in [0.15, 0.2) is 0 Å². The van der Waals surface area contributed by atoms with Gasteiger partial charge in [-0.3, -0.25) is 0 Å². The number of hydrogen-bond acceptors (Lipinski definition) is 3. The number of hydrogen-bond donors (Lipinski definition) is 3. The number of likely N-dealkylation sites (tertiary alicyclic amines) is 1. The molecule has 1 unspecified atom stereocenters. The Balaban J connectivity index is 1.63. The number of aliphatic hydroxyl groups is 1. The van der Waals surface area contributed by atoms with Crippen LogP contribution < -0.4 is 10.6 Å². The third-order valence-corrected chi connectivity index (χ3v) is 4.81. The van der Waals surface area contributed by atoms with Crippen LogP contribution in [0.25, 0.3) is 0 Å². The minimum Gasteiger partial charge on any atom is -0.393 e. The van der Waals surface area contributed by atoms with Gasteiger partial charge in [0.1, 0.15) is 0 Å². The quantitative estimate of drug-likeness (QED) is 0.727. The van der Waals surface area contributed by atoms with Gasteiger partial charge in [0.05, 0.1) is 6.10 Å². The van der Waals surface area contributed by atoms with Crippen molar-refractivity contribution in [1.29, 1.82) is 0 Å². The minimum atomic E-state index is -0.171. The van der Waals surface area contributed by atoms with E-state index in [1.165, 1.54) is 19.4 Å². The molecule has 0 spiro atoms. The molecule has 1 saturated heterocycles.